The maximum atomic E-state index is 5.28. The Morgan fingerprint density at radius 2 is 2.04 bits per heavy atom. The quantitative estimate of drug-likeness (QED) is 0.414. The van der Waals surface area contributed by atoms with E-state index in [-0.39, 0.29) is 24.0 Å². The molecule has 0 aliphatic carbocycles. The maximum absolute atomic E-state index is 5.28. The van der Waals surface area contributed by atoms with Crippen LogP contribution in [0.4, 0.5) is 0 Å². The second-order valence-corrected chi connectivity index (χ2v) is 6.46. The van der Waals surface area contributed by atoms with Gasteiger partial charge in [0.2, 0.25) is 0 Å². The van der Waals surface area contributed by atoms with Crippen LogP contribution in [0, 0.1) is 5.92 Å². The number of rotatable bonds is 6. The zero-order valence-electron chi connectivity index (χ0n) is 15.3. The molecule has 1 saturated heterocycles. The fourth-order valence-electron chi connectivity index (χ4n) is 3.13. The van der Waals surface area contributed by atoms with Crippen LogP contribution in [-0.2, 0) is 17.8 Å². The van der Waals surface area contributed by atoms with Crippen LogP contribution in [0.2, 0.25) is 0 Å². The highest BCUT2D eigenvalue weighted by Crippen LogP contribution is 2.17. The van der Waals surface area contributed by atoms with Gasteiger partial charge in [-0.3, -0.25) is 4.99 Å². The van der Waals surface area contributed by atoms with Crippen molar-refractivity contribution >= 4 is 29.9 Å². The molecule has 24 heavy (non-hydrogen) atoms. The molecular formula is C18H31IN4O. The van der Waals surface area contributed by atoms with Gasteiger partial charge in [0, 0.05) is 46.3 Å². The molecule has 1 unspecified atom stereocenters. The summed E-state index contributed by atoms with van der Waals surface area (Å²) in [6.07, 6.45) is 1.17. The monoisotopic (exact) mass is 446 g/mol. The van der Waals surface area contributed by atoms with Crippen LogP contribution in [-0.4, -0.2) is 63.7 Å². The molecule has 0 saturated carbocycles. The predicted octanol–water partition coefficient (Wildman–Crippen LogP) is 2.41. The van der Waals surface area contributed by atoms with Crippen molar-refractivity contribution in [1.29, 1.82) is 0 Å². The van der Waals surface area contributed by atoms with Crippen molar-refractivity contribution in [2.45, 2.75) is 19.5 Å². The summed E-state index contributed by atoms with van der Waals surface area (Å²) in [6.45, 7) is 4.66. The topological polar surface area (TPSA) is 40.1 Å². The van der Waals surface area contributed by atoms with E-state index in [1.54, 1.807) is 7.11 Å². The largest absolute Gasteiger partial charge is 0.384 e. The summed E-state index contributed by atoms with van der Waals surface area (Å²) >= 11 is 0. The van der Waals surface area contributed by atoms with Crippen LogP contribution in [0.5, 0.6) is 0 Å². The van der Waals surface area contributed by atoms with E-state index in [0.717, 1.165) is 38.7 Å². The van der Waals surface area contributed by atoms with Gasteiger partial charge < -0.3 is 19.9 Å². The molecule has 1 heterocycles. The van der Waals surface area contributed by atoms with Crippen molar-refractivity contribution in [1.82, 2.24) is 15.1 Å². The van der Waals surface area contributed by atoms with E-state index in [1.165, 1.54) is 17.5 Å². The molecule has 6 heteroatoms. The third kappa shape index (κ3) is 6.22. The number of methoxy groups -OCH3 is 1. The minimum absolute atomic E-state index is 0. The smallest absolute Gasteiger partial charge is 0.193 e. The second-order valence-electron chi connectivity index (χ2n) is 6.46. The average molecular weight is 446 g/mol. The normalized spacial score (nSPS) is 18.0. The summed E-state index contributed by atoms with van der Waals surface area (Å²) in [7, 11) is 7.84. The Hall–Kier alpha value is -0.860. The highest BCUT2D eigenvalue weighted by atomic mass is 127. The summed E-state index contributed by atoms with van der Waals surface area (Å²) in [4.78, 5) is 8.98. The zero-order chi connectivity index (χ0) is 16.7. The summed E-state index contributed by atoms with van der Waals surface area (Å²) in [5, 5.41) is 3.52. The number of nitrogens with zero attached hydrogens (tertiary/aromatic N) is 3. The Balaban J connectivity index is 0.00000288. The number of aliphatic imine (C=N–C) groups is 1. The van der Waals surface area contributed by atoms with Gasteiger partial charge in [-0.2, -0.15) is 0 Å². The van der Waals surface area contributed by atoms with Gasteiger partial charge in [-0.15, -0.1) is 24.0 Å². The molecule has 2 rings (SSSR count). The Bertz CT molecular complexity index is 521. The van der Waals surface area contributed by atoms with E-state index in [4.69, 9.17) is 4.74 Å². The number of ether oxygens (including phenoxy) is 1. The van der Waals surface area contributed by atoms with Crippen LogP contribution < -0.4 is 5.32 Å². The van der Waals surface area contributed by atoms with Crippen molar-refractivity contribution in [3.05, 3.63) is 35.4 Å². The van der Waals surface area contributed by atoms with E-state index in [2.05, 4.69) is 58.5 Å². The Kier molecular flexibility index (Phi) is 9.61. The first kappa shape index (κ1) is 21.2. The number of hydrogen-bond donors (Lipinski definition) is 1. The Morgan fingerprint density at radius 3 is 2.67 bits per heavy atom. The molecule has 1 atom stereocenters. The molecule has 1 aliphatic heterocycles. The number of likely N-dealkylation sites (tertiary alicyclic amines) is 1. The number of benzene rings is 1. The Labute approximate surface area is 163 Å². The first-order chi connectivity index (χ1) is 11.1. The van der Waals surface area contributed by atoms with Crippen molar-refractivity contribution in [3.63, 3.8) is 0 Å². The predicted molar refractivity (Wildman–Crippen MR) is 111 cm³/mol. The van der Waals surface area contributed by atoms with Crippen LogP contribution in [0.3, 0.4) is 0 Å². The van der Waals surface area contributed by atoms with E-state index in [0.29, 0.717) is 5.92 Å². The molecular weight excluding hydrogens is 415 g/mol. The molecule has 1 aliphatic rings. The molecule has 0 spiro atoms. The van der Waals surface area contributed by atoms with E-state index >= 15 is 0 Å². The van der Waals surface area contributed by atoms with Gasteiger partial charge in [0.05, 0.1) is 6.61 Å². The molecule has 0 bridgehead atoms. The maximum Gasteiger partial charge on any atom is 0.193 e. The van der Waals surface area contributed by atoms with Gasteiger partial charge in [-0.25, -0.2) is 0 Å². The summed E-state index contributed by atoms with van der Waals surface area (Å²) in [6, 6.07) is 8.59. The highest BCUT2D eigenvalue weighted by Gasteiger charge is 2.24. The van der Waals surface area contributed by atoms with Gasteiger partial charge in [-0.1, -0.05) is 24.3 Å². The lowest BCUT2D eigenvalue weighted by Gasteiger charge is -2.22. The first-order valence-electron chi connectivity index (χ1n) is 8.30. The molecule has 1 aromatic rings. The second kappa shape index (κ2) is 10.9. The lowest BCUT2D eigenvalue weighted by atomic mass is 10.1. The van der Waals surface area contributed by atoms with Gasteiger partial charge in [0.1, 0.15) is 0 Å². The average Bonchev–Trinajstić information content (AvgIpc) is 2.98. The molecule has 1 aromatic carbocycles. The van der Waals surface area contributed by atoms with Crippen LogP contribution in [0.25, 0.3) is 0 Å². The van der Waals surface area contributed by atoms with Crippen LogP contribution in [0.1, 0.15) is 17.5 Å². The lowest BCUT2D eigenvalue weighted by molar-refractivity contribution is 0.157. The fourth-order valence-corrected chi connectivity index (χ4v) is 3.13. The summed E-state index contributed by atoms with van der Waals surface area (Å²) in [5.74, 6) is 1.60. The first-order valence-corrected chi connectivity index (χ1v) is 8.30. The zero-order valence-corrected chi connectivity index (χ0v) is 17.6. The SMILES string of the molecule is CN=C(NCc1ccccc1CN(C)C)N1CCC(COC)C1.I. The fraction of sp³-hybridized carbons (Fsp3) is 0.611. The number of hydrogen-bond acceptors (Lipinski definition) is 3. The van der Waals surface area contributed by atoms with E-state index in [9.17, 15) is 0 Å². The molecule has 1 N–H and O–H groups in total. The van der Waals surface area contributed by atoms with Crippen LogP contribution in [0.15, 0.2) is 29.3 Å². The minimum atomic E-state index is 0. The lowest BCUT2D eigenvalue weighted by Crippen LogP contribution is -2.40. The molecule has 0 aromatic heterocycles. The highest BCUT2D eigenvalue weighted by molar-refractivity contribution is 14.0. The summed E-state index contributed by atoms with van der Waals surface area (Å²) in [5.41, 5.74) is 2.69. The van der Waals surface area contributed by atoms with Gasteiger partial charge in [0.15, 0.2) is 5.96 Å². The van der Waals surface area contributed by atoms with Crippen molar-refractivity contribution < 1.29 is 4.74 Å². The number of guanidine groups is 1. The minimum Gasteiger partial charge on any atom is -0.384 e. The van der Waals surface area contributed by atoms with Crippen molar-refractivity contribution in [3.8, 4) is 0 Å². The summed E-state index contributed by atoms with van der Waals surface area (Å²) < 4.78 is 5.28. The van der Waals surface area contributed by atoms with E-state index in [1.807, 2.05) is 7.05 Å². The van der Waals surface area contributed by atoms with Gasteiger partial charge >= 0.3 is 0 Å². The number of halogens is 1. The van der Waals surface area contributed by atoms with Gasteiger partial charge in [-0.05, 0) is 31.6 Å². The molecule has 0 amide bonds. The van der Waals surface area contributed by atoms with Crippen molar-refractivity contribution in [2.75, 3.05) is 47.9 Å². The third-order valence-electron chi connectivity index (χ3n) is 4.24. The third-order valence-corrected chi connectivity index (χ3v) is 4.24. The molecule has 0 radical (unpaired) electrons. The standard InChI is InChI=1S/C18H30N4O.HI/c1-19-18(22-10-9-15(12-22)14-23-4)20-11-16-7-5-6-8-17(16)13-21(2)3;/h5-8,15H,9-14H2,1-4H3,(H,19,20);1H. The molecule has 136 valence electrons. The van der Waals surface area contributed by atoms with Gasteiger partial charge in [0.25, 0.3) is 0 Å². The number of nitrogens with one attached hydrogen (secondary N) is 1. The van der Waals surface area contributed by atoms with Crippen LogP contribution >= 0.6 is 24.0 Å². The van der Waals surface area contributed by atoms with Crippen molar-refractivity contribution in [2.24, 2.45) is 10.9 Å². The molecule has 5 nitrogen and oxygen atoms in total. The molecule has 1 fully saturated rings. The Morgan fingerprint density at radius 1 is 1.33 bits per heavy atom. The van der Waals surface area contributed by atoms with E-state index < -0.39 is 0 Å².